The zero-order valence-corrected chi connectivity index (χ0v) is 10.9. The Morgan fingerprint density at radius 2 is 2.19 bits per heavy atom. The predicted molar refractivity (Wildman–Crippen MR) is 63.9 cm³/mol. The molecule has 0 saturated heterocycles. The fourth-order valence-corrected chi connectivity index (χ4v) is 1.93. The Morgan fingerprint density at radius 3 is 2.69 bits per heavy atom. The van der Waals surface area contributed by atoms with Crippen LogP contribution in [0.5, 0.6) is 5.75 Å². The molecule has 1 rings (SSSR count). The highest BCUT2D eigenvalue weighted by Gasteiger charge is 2.10. The van der Waals surface area contributed by atoms with Crippen molar-refractivity contribution in [2.45, 2.75) is 6.92 Å². The molecule has 0 aromatic heterocycles. The smallest absolute Gasteiger partial charge is 0.242 e. The van der Waals surface area contributed by atoms with E-state index in [4.69, 9.17) is 4.74 Å². The van der Waals surface area contributed by atoms with Gasteiger partial charge in [0.15, 0.2) is 11.6 Å². The van der Waals surface area contributed by atoms with Crippen LogP contribution in [0.25, 0.3) is 0 Å². The number of halogens is 2. The van der Waals surface area contributed by atoms with Gasteiger partial charge in [0.1, 0.15) is 4.66 Å². The number of alkyl halides is 1. The van der Waals surface area contributed by atoms with Crippen LogP contribution in [-0.4, -0.2) is 19.7 Å². The molecule has 0 heterocycles. The molecular weight excluding hydrogens is 301 g/mol. The summed E-state index contributed by atoms with van der Waals surface area (Å²) in [5.41, 5.74) is 0.167. The Morgan fingerprint density at radius 1 is 1.50 bits per heavy atom. The van der Waals surface area contributed by atoms with Crippen molar-refractivity contribution >= 4 is 31.6 Å². The van der Waals surface area contributed by atoms with Gasteiger partial charge >= 0.3 is 0 Å². The van der Waals surface area contributed by atoms with Crippen LogP contribution in [0.3, 0.4) is 0 Å². The van der Waals surface area contributed by atoms with E-state index < -0.39 is 15.8 Å². The summed E-state index contributed by atoms with van der Waals surface area (Å²) < 4.78 is 42.7. The fraction of sp³-hybridized carbons (Fsp3) is 0.333. The zero-order valence-electron chi connectivity index (χ0n) is 8.54. The standard InChI is InChI=1S/C9H11BrFNO3S/c1-2-15-9-4-3-7(5-8(9)11)12-16(13,14)6-10/h3-5,12H,2,6H2,1H3. The summed E-state index contributed by atoms with van der Waals surface area (Å²) in [4.78, 5) is 0. The molecule has 4 nitrogen and oxygen atoms in total. The number of hydrogen-bond donors (Lipinski definition) is 1. The first kappa shape index (κ1) is 13.2. The number of hydrogen-bond acceptors (Lipinski definition) is 3. The lowest BCUT2D eigenvalue weighted by Gasteiger charge is -2.08. The van der Waals surface area contributed by atoms with Crippen molar-refractivity contribution in [3.8, 4) is 5.75 Å². The van der Waals surface area contributed by atoms with Crippen molar-refractivity contribution in [3.05, 3.63) is 24.0 Å². The maximum atomic E-state index is 13.3. The molecule has 0 atom stereocenters. The van der Waals surface area contributed by atoms with Gasteiger partial charge in [-0.2, -0.15) is 0 Å². The van der Waals surface area contributed by atoms with Crippen molar-refractivity contribution in [2.75, 3.05) is 16.0 Å². The summed E-state index contributed by atoms with van der Waals surface area (Å²) >= 11 is 2.82. The van der Waals surface area contributed by atoms with Crippen LogP contribution in [0, 0.1) is 5.82 Å². The molecule has 1 aromatic carbocycles. The molecule has 1 aromatic rings. The molecule has 90 valence electrons. The van der Waals surface area contributed by atoms with Crippen LogP contribution in [-0.2, 0) is 10.0 Å². The quantitative estimate of drug-likeness (QED) is 0.849. The first-order chi connectivity index (χ1) is 7.48. The number of ether oxygens (including phenoxy) is 1. The molecule has 0 amide bonds. The Bertz CT molecular complexity index is 464. The molecular formula is C9H11BrFNO3S. The molecule has 0 fully saturated rings. The minimum Gasteiger partial charge on any atom is -0.491 e. The molecule has 1 N–H and O–H groups in total. The predicted octanol–water partition coefficient (Wildman–Crippen LogP) is 2.32. The van der Waals surface area contributed by atoms with E-state index in [1.54, 1.807) is 6.92 Å². The summed E-state index contributed by atoms with van der Waals surface area (Å²) in [6.45, 7) is 2.09. The normalized spacial score (nSPS) is 11.2. The average molecular weight is 312 g/mol. The number of rotatable bonds is 5. The van der Waals surface area contributed by atoms with E-state index in [2.05, 4.69) is 20.7 Å². The highest BCUT2D eigenvalue weighted by atomic mass is 79.9. The van der Waals surface area contributed by atoms with Crippen molar-refractivity contribution in [2.24, 2.45) is 0 Å². The fourth-order valence-electron chi connectivity index (χ4n) is 1.04. The third-order valence-corrected chi connectivity index (χ3v) is 4.29. The molecule has 0 spiro atoms. The van der Waals surface area contributed by atoms with Crippen LogP contribution in [0.2, 0.25) is 0 Å². The third kappa shape index (κ3) is 3.64. The van der Waals surface area contributed by atoms with E-state index >= 15 is 0 Å². The first-order valence-corrected chi connectivity index (χ1v) is 7.24. The van der Waals surface area contributed by atoms with Crippen molar-refractivity contribution in [3.63, 3.8) is 0 Å². The lowest BCUT2D eigenvalue weighted by molar-refractivity contribution is 0.321. The van der Waals surface area contributed by atoms with Crippen LogP contribution in [0.15, 0.2) is 18.2 Å². The zero-order chi connectivity index (χ0) is 12.2. The van der Waals surface area contributed by atoms with Crippen LogP contribution in [0.1, 0.15) is 6.92 Å². The van der Waals surface area contributed by atoms with E-state index in [9.17, 15) is 12.8 Å². The summed E-state index contributed by atoms with van der Waals surface area (Å²) in [6, 6.07) is 3.89. The Balaban J connectivity index is 2.89. The van der Waals surface area contributed by atoms with E-state index in [1.165, 1.54) is 12.1 Å². The van der Waals surface area contributed by atoms with Gasteiger partial charge in [-0.05, 0) is 19.1 Å². The summed E-state index contributed by atoms with van der Waals surface area (Å²) in [6.07, 6.45) is 0. The molecule has 0 aliphatic heterocycles. The lowest BCUT2D eigenvalue weighted by Crippen LogP contribution is -2.13. The largest absolute Gasteiger partial charge is 0.491 e. The SMILES string of the molecule is CCOc1ccc(NS(=O)(=O)CBr)cc1F. The average Bonchev–Trinajstić information content (AvgIpc) is 2.22. The molecule has 0 aliphatic rings. The summed E-state index contributed by atoms with van der Waals surface area (Å²) in [7, 11) is -3.46. The van der Waals surface area contributed by atoms with Crippen molar-refractivity contribution in [1.29, 1.82) is 0 Å². The lowest BCUT2D eigenvalue weighted by atomic mass is 10.3. The van der Waals surface area contributed by atoms with Gasteiger partial charge in [0.05, 0.1) is 12.3 Å². The van der Waals surface area contributed by atoms with Crippen LogP contribution < -0.4 is 9.46 Å². The summed E-state index contributed by atoms with van der Waals surface area (Å²) in [5, 5.41) is 0. The van der Waals surface area contributed by atoms with Crippen LogP contribution in [0.4, 0.5) is 10.1 Å². The second kappa shape index (κ2) is 5.49. The molecule has 0 saturated carbocycles. The maximum Gasteiger partial charge on any atom is 0.242 e. The van der Waals surface area contributed by atoms with Gasteiger partial charge in [0, 0.05) is 6.07 Å². The van der Waals surface area contributed by atoms with Crippen molar-refractivity contribution < 1.29 is 17.5 Å². The Hall–Kier alpha value is -0.820. The monoisotopic (exact) mass is 311 g/mol. The maximum absolute atomic E-state index is 13.3. The van der Waals surface area contributed by atoms with E-state index in [1.807, 2.05) is 0 Å². The van der Waals surface area contributed by atoms with Gasteiger partial charge in [-0.1, -0.05) is 15.9 Å². The minimum atomic E-state index is -3.46. The van der Waals surface area contributed by atoms with E-state index in [0.29, 0.717) is 6.61 Å². The van der Waals surface area contributed by atoms with Gasteiger partial charge < -0.3 is 4.74 Å². The summed E-state index contributed by atoms with van der Waals surface area (Å²) in [5.74, 6) is -0.499. The van der Waals surface area contributed by atoms with Gasteiger partial charge in [-0.25, -0.2) is 12.8 Å². The van der Waals surface area contributed by atoms with Gasteiger partial charge in [0.25, 0.3) is 0 Å². The molecule has 0 aliphatic carbocycles. The van der Waals surface area contributed by atoms with E-state index in [-0.39, 0.29) is 16.1 Å². The molecule has 0 bridgehead atoms. The highest BCUT2D eigenvalue weighted by Crippen LogP contribution is 2.21. The number of benzene rings is 1. The molecule has 16 heavy (non-hydrogen) atoms. The van der Waals surface area contributed by atoms with Crippen LogP contribution >= 0.6 is 15.9 Å². The van der Waals surface area contributed by atoms with E-state index in [0.717, 1.165) is 6.07 Å². The highest BCUT2D eigenvalue weighted by molar-refractivity contribution is 9.10. The second-order valence-corrected chi connectivity index (χ2v) is 5.93. The second-order valence-electron chi connectivity index (χ2n) is 2.90. The topological polar surface area (TPSA) is 55.4 Å². The van der Waals surface area contributed by atoms with Gasteiger partial charge in [0.2, 0.25) is 10.0 Å². The number of anilines is 1. The Kier molecular flexibility index (Phi) is 4.55. The van der Waals surface area contributed by atoms with Gasteiger partial charge in [-0.3, -0.25) is 4.72 Å². The molecule has 0 unspecified atom stereocenters. The van der Waals surface area contributed by atoms with Gasteiger partial charge in [-0.15, -0.1) is 0 Å². The molecule has 0 radical (unpaired) electrons. The van der Waals surface area contributed by atoms with Crippen molar-refractivity contribution in [1.82, 2.24) is 0 Å². The minimum absolute atomic E-state index is 0.101. The number of sulfonamides is 1. The first-order valence-electron chi connectivity index (χ1n) is 4.47. The third-order valence-electron chi connectivity index (χ3n) is 1.65. The molecule has 7 heteroatoms. The number of nitrogens with one attached hydrogen (secondary N) is 1. The Labute approximate surface area is 102 Å².